The van der Waals surface area contributed by atoms with Gasteiger partial charge in [0.05, 0.1) is 29.5 Å². The Morgan fingerprint density at radius 1 is 1.12 bits per heavy atom. The molecule has 3 aromatic rings. The Bertz CT molecular complexity index is 1280. The number of rotatable bonds is 5. The normalized spacial score (nSPS) is 20.0. The van der Waals surface area contributed by atoms with E-state index in [-0.39, 0.29) is 30.1 Å². The number of likely N-dealkylation sites (tertiary alicyclic amines) is 1. The Morgan fingerprint density at radius 3 is 2.59 bits per heavy atom. The first-order chi connectivity index (χ1) is 16.2. The molecule has 3 amide bonds. The van der Waals surface area contributed by atoms with E-state index in [0.717, 1.165) is 4.90 Å². The third kappa shape index (κ3) is 4.34. The summed E-state index contributed by atoms with van der Waals surface area (Å²) in [7, 11) is 0. The number of carbonyl (C=O) groups excluding carboxylic acids is 3. The number of nitrogens with one attached hydrogen (secondary N) is 1. The van der Waals surface area contributed by atoms with Gasteiger partial charge in [-0.25, -0.2) is 13.6 Å². The molecule has 11 heteroatoms. The second kappa shape index (κ2) is 9.40. The molecule has 0 saturated carbocycles. The lowest BCUT2D eigenvalue weighted by atomic mass is 10.1. The highest BCUT2D eigenvalue weighted by atomic mass is 35.5. The molecule has 2 aromatic carbocycles. The first kappa shape index (κ1) is 23.7. The van der Waals surface area contributed by atoms with E-state index in [1.807, 2.05) is 0 Å². The van der Waals surface area contributed by atoms with Gasteiger partial charge in [-0.3, -0.25) is 14.2 Å². The maximum absolute atomic E-state index is 14.5. The minimum absolute atomic E-state index is 0.0972. The van der Waals surface area contributed by atoms with Crippen LogP contribution in [0.1, 0.15) is 11.1 Å². The maximum Gasteiger partial charge on any atom is 0.323 e. The third-order valence-corrected chi connectivity index (χ3v) is 6.23. The molecule has 0 spiro atoms. The second-order valence-corrected chi connectivity index (χ2v) is 8.48. The molecule has 1 fully saturated rings. The summed E-state index contributed by atoms with van der Waals surface area (Å²) in [6, 6.07) is 7.99. The largest absolute Gasteiger partial charge is 0.351 e. The first-order valence-electron chi connectivity index (χ1n) is 10.5. The van der Waals surface area contributed by atoms with Crippen LogP contribution in [0.3, 0.4) is 0 Å². The van der Waals surface area contributed by atoms with Gasteiger partial charge in [0.1, 0.15) is 18.0 Å². The summed E-state index contributed by atoms with van der Waals surface area (Å²) in [5.74, 6) is -1.93. The van der Waals surface area contributed by atoms with E-state index in [9.17, 15) is 23.2 Å². The van der Waals surface area contributed by atoms with Crippen LogP contribution in [0, 0.1) is 5.82 Å². The summed E-state index contributed by atoms with van der Waals surface area (Å²) in [6.45, 7) is -0.572. The SMILES string of the molecule is NC(=O)n1cc(CC(=O)N2CC(F)C(N)C2C(=O)NCc2cccc(Cl)c2F)c2ccccc21. The van der Waals surface area contributed by atoms with Gasteiger partial charge in [-0.05, 0) is 17.7 Å². The molecule has 0 aliphatic carbocycles. The van der Waals surface area contributed by atoms with E-state index in [1.165, 1.54) is 29.0 Å². The molecular formula is C23H22ClF2N5O3. The van der Waals surface area contributed by atoms with Crippen LogP contribution in [0.5, 0.6) is 0 Å². The number of alkyl halides is 1. The van der Waals surface area contributed by atoms with Crippen molar-refractivity contribution in [2.75, 3.05) is 6.54 Å². The number of carbonyl (C=O) groups is 3. The number of fused-ring (bicyclic) bond motifs is 1. The lowest BCUT2D eigenvalue weighted by Gasteiger charge is -2.25. The summed E-state index contributed by atoms with van der Waals surface area (Å²) < 4.78 is 29.8. The summed E-state index contributed by atoms with van der Waals surface area (Å²) in [5, 5.41) is 3.05. The maximum atomic E-state index is 14.5. The molecule has 1 saturated heterocycles. The van der Waals surface area contributed by atoms with E-state index in [2.05, 4.69) is 5.32 Å². The zero-order valence-electron chi connectivity index (χ0n) is 17.9. The number of primary amides is 1. The van der Waals surface area contributed by atoms with Crippen LogP contribution in [0.2, 0.25) is 5.02 Å². The summed E-state index contributed by atoms with van der Waals surface area (Å²) in [4.78, 5) is 38.9. The lowest BCUT2D eigenvalue weighted by Crippen LogP contribution is -2.53. The Hall–Kier alpha value is -3.50. The molecule has 3 unspecified atom stereocenters. The minimum Gasteiger partial charge on any atom is -0.351 e. The molecule has 3 atom stereocenters. The number of hydrogen-bond acceptors (Lipinski definition) is 4. The van der Waals surface area contributed by atoms with Gasteiger partial charge in [-0.1, -0.05) is 41.9 Å². The van der Waals surface area contributed by atoms with Crippen molar-refractivity contribution in [3.05, 3.63) is 70.6 Å². The van der Waals surface area contributed by atoms with Gasteiger partial charge in [0.15, 0.2) is 0 Å². The van der Waals surface area contributed by atoms with Gasteiger partial charge in [0.25, 0.3) is 0 Å². The fourth-order valence-electron chi connectivity index (χ4n) is 4.21. The molecule has 178 valence electrons. The fourth-order valence-corrected chi connectivity index (χ4v) is 4.41. The van der Waals surface area contributed by atoms with Crippen molar-refractivity contribution in [3.63, 3.8) is 0 Å². The van der Waals surface area contributed by atoms with Crippen molar-refractivity contribution < 1.29 is 23.2 Å². The minimum atomic E-state index is -1.62. The molecular weight excluding hydrogens is 468 g/mol. The van der Waals surface area contributed by atoms with E-state index < -0.39 is 41.9 Å². The second-order valence-electron chi connectivity index (χ2n) is 8.07. The monoisotopic (exact) mass is 489 g/mol. The third-order valence-electron chi connectivity index (χ3n) is 5.94. The van der Waals surface area contributed by atoms with E-state index in [4.69, 9.17) is 23.1 Å². The summed E-state index contributed by atoms with van der Waals surface area (Å²) in [6.07, 6.45) is -0.368. The van der Waals surface area contributed by atoms with Crippen LogP contribution >= 0.6 is 11.6 Å². The van der Waals surface area contributed by atoms with Crippen molar-refractivity contribution >= 4 is 40.3 Å². The number of benzene rings is 2. The average molecular weight is 490 g/mol. The van der Waals surface area contributed by atoms with Gasteiger partial charge in [0.2, 0.25) is 11.8 Å². The van der Waals surface area contributed by atoms with E-state index in [1.54, 1.807) is 24.3 Å². The molecule has 0 radical (unpaired) electrons. The fraction of sp³-hybridized carbons (Fsp3) is 0.261. The van der Waals surface area contributed by atoms with Crippen molar-refractivity contribution in [2.45, 2.75) is 31.2 Å². The Kier molecular flexibility index (Phi) is 6.54. The summed E-state index contributed by atoms with van der Waals surface area (Å²) in [5.41, 5.74) is 12.5. The number of nitrogens with two attached hydrogens (primary N) is 2. The zero-order chi connectivity index (χ0) is 24.6. The Morgan fingerprint density at radius 2 is 1.85 bits per heavy atom. The topological polar surface area (TPSA) is 123 Å². The molecule has 1 aliphatic rings. The van der Waals surface area contributed by atoms with Crippen molar-refractivity contribution in [1.29, 1.82) is 0 Å². The molecule has 5 N–H and O–H groups in total. The van der Waals surface area contributed by atoms with E-state index in [0.29, 0.717) is 16.5 Å². The van der Waals surface area contributed by atoms with Crippen molar-refractivity contribution in [2.24, 2.45) is 11.5 Å². The number of para-hydroxylation sites is 1. The number of aromatic nitrogens is 1. The van der Waals surface area contributed by atoms with Crippen LogP contribution < -0.4 is 16.8 Å². The molecule has 34 heavy (non-hydrogen) atoms. The zero-order valence-corrected chi connectivity index (χ0v) is 18.6. The van der Waals surface area contributed by atoms with Crippen LogP contribution in [0.15, 0.2) is 48.7 Å². The highest BCUT2D eigenvalue weighted by Gasteiger charge is 2.46. The van der Waals surface area contributed by atoms with Crippen LogP contribution in [0.4, 0.5) is 13.6 Å². The van der Waals surface area contributed by atoms with Gasteiger partial charge in [-0.15, -0.1) is 0 Å². The molecule has 4 rings (SSSR count). The van der Waals surface area contributed by atoms with E-state index >= 15 is 0 Å². The molecule has 2 heterocycles. The van der Waals surface area contributed by atoms with Gasteiger partial charge in [-0.2, -0.15) is 0 Å². The molecule has 8 nitrogen and oxygen atoms in total. The summed E-state index contributed by atoms with van der Waals surface area (Å²) >= 11 is 5.76. The van der Waals surface area contributed by atoms with Crippen molar-refractivity contribution in [3.8, 4) is 0 Å². The highest BCUT2D eigenvalue weighted by molar-refractivity contribution is 6.30. The van der Waals surface area contributed by atoms with Crippen LogP contribution in [0.25, 0.3) is 10.9 Å². The Labute approximate surface area is 198 Å². The molecule has 1 aromatic heterocycles. The first-order valence-corrected chi connectivity index (χ1v) is 10.8. The smallest absolute Gasteiger partial charge is 0.323 e. The predicted octanol–water partition coefficient (Wildman–Crippen LogP) is 2.10. The van der Waals surface area contributed by atoms with Crippen LogP contribution in [-0.2, 0) is 22.6 Å². The lowest BCUT2D eigenvalue weighted by molar-refractivity contribution is -0.138. The van der Waals surface area contributed by atoms with Crippen molar-refractivity contribution in [1.82, 2.24) is 14.8 Å². The predicted molar refractivity (Wildman–Crippen MR) is 122 cm³/mol. The van der Waals surface area contributed by atoms with Gasteiger partial charge >= 0.3 is 6.03 Å². The highest BCUT2D eigenvalue weighted by Crippen LogP contribution is 2.25. The van der Waals surface area contributed by atoms with Crippen LogP contribution in [-0.4, -0.2) is 52.1 Å². The molecule has 0 bridgehead atoms. The number of halogens is 3. The van der Waals surface area contributed by atoms with Gasteiger partial charge < -0.3 is 21.7 Å². The Balaban J connectivity index is 1.54. The quantitative estimate of drug-likeness (QED) is 0.507. The number of amides is 3. The van der Waals surface area contributed by atoms with Gasteiger partial charge in [0, 0.05) is 23.7 Å². The standard InChI is InChI=1S/C23H22ClF2N5O3/c24-15-6-3-4-12(19(15)26)9-29-22(33)21-20(27)16(25)11-31(21)18(32)8-13-10-30(23(28)34)17-7-2-1-5-14(13)17/h1-7,10,16,20-21H,8-9,11,27H2,(H2,28,34)(H,29,33). The number of hydrogen-bond donors (Lipinski definition) is 3. The molecule has 1 aliphatic heterocycles. The average Bonchev–Trinajstić information content (AvgIpc) is 3.32. The number of nitrogens with zero attached hydrogens (tertiary/aromatic N) is 2.